The minimum atomic E-state index is -0.710. The van der Waals surface area contributed by atoms with E-state index in [1.54, 1.807) is 25.1 Å². The lowest BCUT2D eigenvalue weighted by Crippen LogP contribution is -2.37. The van der Waals surface area contributed by atoms with Crippen LogP contribution in [-0.4, -0.2) is 41.1 Å². The fourth-order valence-electron chi connectivity index (χ4n) is 5.49. The van der Waals surface area contributed by atoms with Crippen molar-refractivity contribution < 1.29 is 23.9 Å². The second-order valence-electron chi connectivity index (χ2n) is 9.10. The lowest BCUT2D eigenvalue weighted by atomic mass is 9.80. The van der Waals surface area contributed by atoms with E-state index < -0.39 is 30.3 Å². The Bertz CT molecular complexity index is 1200. The van der Waals surface area contributed by atoms with Crippen LogP contribution in [0.4, 0.5) is 11.4 Å². The van der Waals surface area contributed by atoms with E-state index in [0.717, 1.165) is 0 Å². The molecule has 5 rings (SSSR count). The molecule has 1 saturated heterocycles. The Morgan fingerprint density at radius 3 is 2.20 bits per heavy atom. The van der Waals surface area contributed by atoms with Gasteiger partial charge in [-0.3, -0.25) is 19.3 Å². The maximum Gasteiger partial charge on any atom is 0.338 e. The number of imide groups is 1. The normalized spacial score (nSPS) is 28.9. The third-order valence-corrected chi connectivity index (χ3v) is 8.95. The third-order valence-electron chi connectivity index (χ3n) is 7.22. The van der Waals surface area contributed by atoms with Gasteiger partial charge in [0, 0.05) is 10.7 Å². The first-order valence-electron chi connectivity index (χ1n) is 11.2. The zero-order valence-electron chi connectivity index (χ0n) is 18.5. The molecule has 3 amide bonds. The van der Waals surface area contributed by atoms with Crippen LogP contribution in [0.5, 0.6) is 0 Å². The molecule has 1 N–H and O–H groups in total. The minimum absolute atomic E-state index is 0.105. The van der Waals surface area contributed by atoms with Gasteiger partial charge < -0.3 is 10.1 Å². The number of nitrogens with one attached hydrogen (secondary N) is 1. The molecule has 2 saturated carbocycles. The summed E-state index contributed by atoms with van der Waals surface area (Å²) < 4.78 is 5.10. The van der Waals surface area contributed by atoms with Crippen molar-refractivity contribution in [3.8, 4) is 0 Å². The van der Waals surface area contributed by atoms with Crippen LogP contribution in [-0.2, 0) is 19.1 Å². The van der Waals surface area contributed by atoms with Crippen molar-refractivity contribution in [2.24, 2.45) is 23.7 Å². The summed E-state index contributed by atoms with van der Waals surface area (Å²) in [5, 5.41) is 2.52. The highest BCUT2D eigenvalue weighted by molar-refractivity contribution is 6.32. The molecule has 3 aliphatic rings. The monoisotopic (exact) mass is 534 g/mol. The van der Waals surface area contributed by atoms with Crippen molar-refractivity contribution in [2.75, 3.05) is 16.8 Å². The van der Waals surface area contributed by atoms with Gasteiger partial charge in [0.25, 0.3) is 5.91 Å². The Morgan fingerprint density at radius 2 is 1.60 bits per heavy atom. The molecule has 35 heavy (non-hydrogen) atoms. The van der Waals surface area contributed by atoms with Gasteiger partial charge in [-0.15, -0.1) is 23.2 Å². The van der Waals surface area contributed by atoms with E-state index in [0.29, 0.717) is 28.4 Å². The van der Waals surface area contributed by atoms with Crippen LogP contribution >= 0.6 is 34.8 Å². The number of benzene rings is 2. The van der Waals surface area contributed by atoms with Gasteiger partial charge in [-0.2, -0.15) is 0 Å². The molecule has 7 nitrogen and oxygen atoms in total. The van der Waals surface area contributed by atoms with E-state index in [2.05, 4.69) is 5.32 Å². The highest BCUT2D eigenvalue weighted by Gasteiger charge is 2.66. The molecule has 0 spiro atoms. The molecule has 2 bridgehead atoms. The van der Waals surface area contributed by atoms with Crippen molar-refractivity contribution in [1.29, 1.82) is 0 Å². The summed E-state index contributed by atoms with van der Waals surface area (Å²) in [6.07, 6.45) is 0.693. The van der Waals surface area contributed by atoms with E-state index in [-0.39, 0.29) is 40.0 Å². The lowest BCUT2D eigenvalue weighted by molar-refractivity contribution is -0.123. The van der Waals surface area contributed by atoms with E-state index in [4.69, 9.17) is 39.5 Å². The van der Waals surface area contributed by atoms with Gasteiger partial charge in [0.05, 0.1) is 33.8 Å². The first kappa shape index (κ1) is 24.1. The number of anilines is 2. The average Bonchev–Trinajstić information content (AvgIpc) is 3.45. The van der Waals surface area contributed by atoms with E-state index in [1.807, 2.05) is 0 Å². The second-order valence-corrected chi connectivity index (χ2v) is 10.5. The smallest absolute Gasteiger partial charge is 0.338 e. The number of amides is 3. The van der Waals surface area contributed by atoms with Gasteiger partial charge in [0.15, 0.2) is 6.61 Å². The van der Waals surface area contributed by atoms with Crippen molar-refractivity contribution in [1.82, 2.24) is 0 Å². The number of fused-ring (bicyclic) bond motifs is 5. The van der Waals surface area contributed by atoms with Gasteiger partial charge >= 0.3 is 5.97 Å². The highest BCUT2D eigenvalue weighted by Crippen LogP contribution is 2.59. The molecule has 1 heterocycles. The van der Waals surface area contributed by atoms with Gasteiger partial charge in [0.1, 0.15) is 0 Å². The fourth-order valence-corrected chi connectivity index (χ4v) is 6.56. The zero-order valence-corrected chi connectivity index (χ0v) is 20.8. The highest BCUT2D eigenvalue weighted by atomic mass is 35.5. The predicted octanol–water partition coefficient (Wildman–Crippen LogP) is 4.41. The van der Waals surface area contributed by atoms with Crippen LogP contribution in [0.15, 0.2) is 42.5 Å². The topological polar surface area (TPSA) is 92.8 Å². The number of halogens is 3. The summed E-state index contributed by atoms with van der Waals surface area (Å²) in [5.74, 6) is -2.87. The molecular weight excluding hydrogens is 515 g/mol. The first-order chi connectivity index (χ1) is 16.7. The van der Waals surface area contributed by atoms with Crippen LogP contribution in [0.1, 0.15) is 22.3 Å². The molecular formula is C25H21Cl3N2O5. The third kappa shape index (κ3) is 3.99. The van der Waals surface area contributed by atoms with E-state index in [1.165, 1.54) is 29.2 Å². The Kier molecular flexibility index (Phi) is 6.28. The van der Waals surface area contributed by atoms with Gasteiger partial charge in [-0.25, -0.2) is 4.79 Å². The Morgan fingerprint density at radius 1 is 1.00 bits per heavy atom. The number of hydrogen-bond acceptors (Lipinski definition) is 5. The van der Waals surface area contributed by atoms with Crippen LogP contribution < -0.4 is 10.2 Å². The maximum absolute atomic E-state index is 13.1. The number of hydrogen-bond donors (Lipinski definition) is 1. The Labute approximate surface area is 216 Å². The summed E-state index contributed by atoms with van der Waals surface area (Å²) in [7, 11) is 0. The quantitative estimate of drug-likeness (QED) is 0.348. The molecule has 2 aromatic carbocycles. The van der Waals surface area contributed by atoms with E-state index >= 15 is 0 Å². The largest absolute Gasteiger partial charge is 0.452 e. The van der Waals surface area contributed by atoms with Crippen LogP contribution in [0.2, 0.25) is 5.02 Å². The molecule has 3 fully saturated rings. The molecule has 2 aliphatic carbocycles. The molecule has 182 valence electrons. The molecule has 6 atom stereocenters. The fraction of sp³-hybridized carbons (Fsp3) is 0.360. The maximum atomic E-state index is 13.1. The molecule has 0 unspecified atom stereocenters. The van der Waals surface area contributed by atoms with Crippen LogP contribution in [0.25, 0.3) is 0 Å². The number of ether oxygens (including phenoxy) is 1. The molecule has 1 aliphatic heterocycles. The van der Waals surface area contributed by atoms with Crippen molar-refractivity contribution in [2.45, 2.75) is 24.1 Å². The average molecular weight is 536 g/mol. The Hall–Kier alpha value is -2.61. The zero-order chi connectivity index (χ0) is 25.0. The molecule has 0 aromatic heterocycles. The number of nitrogens with zero attached hydrogens (tertiary/aromatic N) is 1. The predicted molar refractivity (Wildman–Crippen MR) is 132 cm³/mol. The summed E-state index contributed by atoms with van der Waals surface area (Å²) >= 11 is 18.8. The second kappa shape index (κ2) is 9.12. The molecule has 10 heteroatoms. The van der Waals surface area contributed by atoms with Crippen LogP contribution in [0, 0.1) is 30.6 Å². The van der Waals surface area contributed by atoms with Crippen molar-refractivity contribution in [3.05, 3.63) is 58.6 Å². The number of rotatable bonds is 5. The minimum Gasteiger partial charge on any atom is -0.452 e. The van der Waals surface area contributed by atoms with E-state index in [9.17, 15) is 19.2 Å². The number of carbonyl (C=O) groups excluding carboxylic acids is 4. The summed E-state index contributed by atoms with van der Waals surface area (Å²) in [6.45, 7) is 1.28. The number of alkyl halides is 2. The van der Waals surface area contributed by atoms with Crippen LogP contribution in [0.3, 0.4) is 0 Å². The van der Waals surface area contributed by atoms with Gasteiger partial charge in [0.2, 0.25) is 11.8 Å². The Balaban J connectivity index is 1.22. The van der Waals surface area contributed by atoms with Gasteiger partial charge in [-0.05, 0) is 67.1 Å². The van der Waals surface area contributed by atoms with Gasteiger partial charge in [-0.1, -0.05) is 17.7 Å². The molecule has 2 aromatic rings. The van der Waals surface area contributed by atoms with Crippen molar-refractivity contribution >= 4 is 69.9 Å². The summed E-state index contributed by atoms with van der Waals surface area (Å²) in [6, 6.07) is 11.0. The SMILES string of the molecule is Cc1c(Cl)cccc1NC(=O)COC(=O)c1ccc(N2C(=O)[C@@H]3[C@H]4C[C@@H]([C@@H](Cl)[C@H]4Cl)[C@H]3C2=O)cc1. The summed E-state index contributed by atoms with van der Waals surface area (Å²) in [5.41, 5.74) is 1.79. The summed E-state index contributed by atoms with van der Waals surface area (Å²) in [4.78, 5) is 51.9. The molecule has 0 radical (unpaired) electrons. The standard InChI is InChI=1S/C25H21Cl3N2O5/c1-11-16(26)3-2-4-17(11)29-18(31)10-35-25(34)12-5-7-13(8-6-12)30-23(32)19-14-9-15(20(19)24(30)33)22(28)21(14)27/h2-8,14-15,19-22H,9-10H2,1H3,(H,29,31)/t14-,15-,19-,20-,21-,22+/m1/s1. The first-order valence-corrected chi connectivity index (χ1v) is 12.4. The lowest BCUT2D eigenvalue weighted by Gasteiger charge is -2.28. The van der Waals surface area contributed by atoms with Crippen molar-refractivity contribution in [3.63, 3.8) is 0 Å². The number of esters is 1. The number of carbonyl (C=O) groups is 4.